The number of aryl methyl sites for hydroxylation is 1. The summed E-state index contributed by atoms with van der Waals surface area (Å²) in [6.45, 7) is 4.45. The molecule has 4 aromatic carbocycles. The number of benzene rings is 4. The fourth-order valence-electron chi connectivity index (χ4n) is 3.85. The molecule has 42 heavy (non-hydrogen) atoms. The summed E-state index contributed by atoms with van der Waals surface area (Å²) in [7, 11) is 0. The van der Waals surface area contributed by atoms with Gasteiger partial charge in [-0.3, -0.25) is 9.59 Å². The number of anilines is 1. The highest BCUT2D eigenvalue weighted by molar-refractivity contribution is 9.11. The first kappa shape index (κ1) is 30.8. The highest BCUT2D eigenvalue weighted by Gasteiger charge is 2.13. The zero-order valence-corrected chi connectivity index (χ0v) is 26.2. The fraction of sp³-hybridized carbons (Fsp3) is 0.156. The number of amides is 2. The van der Waals surface area contributed by atoms with Gasteiger partial charge in [-0.15, -0.1) is 0 Å². The van der Waals surface area contributed by atoms with Crippen LogP contribution in [0.25, 0.3) is 0 Å². The van der Waals surface area contributed by atoms with Crippen LogP contribution in [0, 0.1) is 6.92 Å². The van der Waals surface area contributed by atoms with Crippen LogP contribution in [0.2, 0.25) is 0 Å². The van der Waals surface area contributed by atoms with Crippen molar-refractivity contribution in [2.45, 2.75) is 20.5 Å². The second-order valence-corrected chi connectivity index (χ2v) is 10.8. The first-order chi connectivity index (χ1) is 20.3. The predicted molar refractivity (Wildman–Crippen MR) is 171 cm³/mol. The molecule has 0 saturated heterocycles. The van der Waals surface area contributed by atoms with Crippen LogP contribution in [0.3, 0.4) is 0 Å². The first-order valence-corrected chi connectivity index (χ1v) is 14.7. The van der Waals surface area contributed by atoms with E-state index in [0.717, 1.165) is 11.1 Å². The van der Waals surface area contributed by atoms with Crippen LogP contribution in [0.4, 0.5) is 5.69 Å². The second kappa shape index (κ2) is 15.2. The lowest BCUT2D eigenvalue weighted by Crippen LogP contribution is -2.20. The molecule has 0 fully saturated rings. The summed E-state index contributed by atoms with van der Waals surface area (Å²) < 4.78 is 18.6. The normalized spacial score (nSPS) is 10.8. The smallest absolute Gasteiger partial charge is 0.271 e. The number of ether oxygens (including phenoxy) is 3. The Morgan fingerprint density at radius 3 is 2.33 bits per heavy atom. The topological polar surface area (TPSA) is 98.3 Å². The van der Waals surface area contributed by atoms with E-state index in [1.165, 1.54) is 6.21 Å². The number of nitrogens with zero attached hydrogens (tertiary/aromatic N) is 1. The minimum atomic E-state index is -0.403. The van der Waals surface area contributed by atoms with Gasteiger partial charge < -0.3 is 19.5 Å². The third-order valence-corrected chi connectivity index (χ3v) is 6.97. The van der Waals surface area contributed by atoms with E-state index in [2.05, 4.69) is 47.7 Å². The molecule has 4 aromatic rings. The molecule has 2 amide bonds. The Balaban J connectivity index is 1.34. The Labute approximate surface area is 261 Å². The molecule has 0 saturated carbocycles. The lowest BCUT2D eigenvalue weighted by Gasteiger charge is -2.13. The molecule has 0 spiro atoms. The van der Waals surface area contributed by atoms with Crippen molar-refractivity contribution in [2.24, 2.45) is 5.10 Å². The van der Waals surface area contributed by atoms with Gasteiger partial charge in [0.05, 0.1) is 21.8 Å². The summed E-state index contributed by atoms with van der Waals surface area (Å²) in [5.41, 5.74) is 6.37. The predicted octanol–water partition coefficient (Wildman–Crippen LogP) is 7.28. The van der Waals surface area contributed by atoms with Crippen molar-refractivity contribution in [3.05, 3.63) is 116 Å². The van der Waals surface area contributed by atoms with Crippen LogP contribution >= 0.6 is 31.9 Å². The average molecular weight is 695 g/mol. The highest BCUT2D eigenvalue weighted by Crippen LogP contribution is 2.34. The lowest BCUT2D eigenvalue weighted by molar-refractivity contribution is -0.118. The maximum absolute atomic E-state index is 12.8. The van der Waals surface area contributed by atoms with E-state index in [1.54, 1.807) is 30.3 Å². The number of hydrazone groups is 1. The number of carbonyl (C=O) groups is 2. The van der Waals surface area contributed by atoms with Crippen LogP contribution in [-0.2, 0) is 11.4 Å². The van der Waals surface area contributed by atoms with Gasteiger partial charge in [0.2, 0.25) is 0 Å². The monoisotopic (exact) mass is 693 g/mol. The number of halogens is 2. The van der Waals surface area contributed by atoms with Crippen LogP contribution in [0.5, 0.6) is 17.2 Å². The second-order valence-electron chi connectivity index (χ2n) is 9.09. The maximum atomic E-state index is 12.8. The Morgan fingerprint density at radius 2 is 1.62 bits per heavy atom. The molecular formula is C32H29Br2N3O5. The van der Waals surface area contributed by atoms with Gasteiger partial charge in [0.25, 0.3) is 11.8 Å². The van der Waals surface area contributed by atoms with Crippen molar-refractivity contribution >= 4 is 55.6 Å². The van der Waals surface area contributed by atoms with Crippen LogP contribution in [0.15, 0.2) is 99.0 Å². The molecule has 0 unspecified atom stereocenters. The van der Waals surface area contributed by atoms with Crippen LogP contribution in [0.1, 0.15) is 34.0 Å². The van der Waals surface area contributed by atoms with E-state index < -0.39 is 5.91 Å². The van der Waals surface area contributed by atoms with E-state index in [1.807, 2.05) is 68.4 Å². The minimum Gasteiger partial charge on any atom is -0.490 e. The molecule has 0 aliphatic rings. The highest BCUT2D eigenvalue weighted by atomic mass is 79.9. The number of nitrogens with one attached hydrogen (secondary N) is 2. The van der Waals surface area contributed by atoms with Gasteiger partial charge in [-0.1, -0.05) is 42.5 Å². The molecule has 0 radical (unpaired) electrons. The molecule has 216 valence electrons. The first-order valence-electron chi connectivity index (χ1n) is 13.1. The van der Waals surface area contributed by atoms with E-state index in [9.17, 15) is 9.59 Å². The Morgan fingerprint density at radius 1 is 0.857 bits per heavy atom. The van der Waals surface area contributed by atoms with Gasteiger partial charge in [-0.05, 0) is 105 Å². The molecule has 4 rings (SSSR count). The van der Waals surface area contributed by atoms with Crippen molar-refractivity contribution in [1.82, 2.24) is 5.43 Å². The van der Waals surface area contributed by atoms with E-state index >= 15 is 0 Å². The molecule has 2 N–H and O–H groups in total. The minimum absolute atomic E-state index is 0.172. The molecule has 0 aliphatic heterocycles. The third kappa shape index (κ3) is 8.92. The molecular weight excluding hydrogens is 666 g/mol. The number of carbonyl (C=O) groups excluding carboxylic acids is 2. The molecule has 0 aromatic heterocycles. The van der Waals surface area contributed by atoms with Crippen molar-refractivity contribution in [2.75, 3.05) is 18.5 Å². The van der Waals surface area contributed by atoms with E-state index in [-0.39, 0.29) is 12.5 Å². The molecule has 0 heterocycles. The van der Waals surface area contributed by atoms with Gasteiger partial charge in [0.1, 0.15) is 12.4 Å². The number of hydrogen-bond donors (Lipinski definition) is 2. The van der Waals surface area contributed by atoms with Crippen molar-refractivity contribution in [3.63, 3.8) is 0 Å². The van der Waals surface area contributed by atoms with Gasteiger partial charge in [-0.25, -0.2) is 5.43 Å². The van der Waals surface area contributed by atoms with Gasteiger partial charge >= 0.3 is 0 Å². The third-order valence-electron chi connectivity index (χ3n) is 5.79. The van der Waals surface area contributed by atoms with Crippen LogP contribution < -0.4 is 25.0 Å². The van der Waals surface area contributed by atoms with Gasteiger partial charge in [-0.2, -0.15) is 5.10 Å². The molecule has 0 aliphatic carbocycles. The summed E-state index contributed by atoms with van der Waals surface area (Å²) in [6.07, 6.45) is 1.50. The quantitative estimate of drug-likeness (QED) is 0.120. The van der Waals surface area contributed by atoms with Crippen LogP contribution in [-0.4, -0.2) is 31.2 Å². The zero-order valence-electron chi connectivity index (χ0n) is 23.0. The molecule has 0 bridgehead atoms. The Hall–Kier alpha value is -4.15. The molecule has 0 atom stereocenters. The Kier molecular flexibility index (Phi) is 11.1. The zero-order chi connectivity index (χ0) is 29.9. The Bertz CT molecular complexity index is 1550. The van der Waals surface area contributed by atoms with Gasteiger partial charge in [0, 0.05) is 11.3 Å². The van der Waals surface area contributed by atoms with Crippen molar-refractivity contribution < 1.29 is 23.8 Å². The average Bonchev–Trinajstić information content (AvgIpc) is 2.96. The fourth-order valence-corrected chi connectivity index (χ4v) is 5.30. The van der Waals surface area contributed by atoms with Gasteiger partial charge in [0.15, 0.2) is 18.1 Å². The summed E-state index contributed by atoms with van der Waals surface area (Å²) in [4.78, 5) is 25.1. The van der Waals surface area contributed by atoms with E-state index in [0.29, 0.717) is 56.2 Å². The summed E-state index contributed by atoms with van der Waals surface area (Å²) in [6, 6.07) is 25.8. The standard InChI is InChI=1S/C32H29Br2N3O5/c1-3-40-29-17-24(12-13-28(29)41-19-22-9-5-4-6-10-22)32(39)37-35-18-23-15-26(33)31(27(34)16-23)42-20-30(38)36-25-11-7-8-21(2)14-25/h4-18H,3,19-20H2,1-2H3,(H,36,38)(H,37,39)/b35-18+. The summed E-state index contributed by atoms with van der Waals surface area (Å²) >= 11 is 6.96. The van der Waals surface area contributed by atoms with Crippen molar-refractivity contribution in [1.29, 1.82) is 0 Å². The van der Waals surface area contributed by atoms with Crippen molar-refractivity contribution in [3.8, 4) is 17.2 Å². The summed E-state index contributed by atoms with van der Waals surface area (Å²) in [5, 5.41) is 6.90. The number of rotatable bonds is 12. The lowest BCUT2D eigenvalue weighted by atomic mass is 10.2. The largest absolute Gasteiger partial charge is 0.490 e. The maximum Gasteiger partial charge on any atom is 0.271 e. The molecule has 8 nitrogen and oxygen atoms in total. The summed E-state index contributed by atoms with van der Waals surface area (Å²) in [5.74, 6) is 0.802. The SMILES string of the molecule is CCOc1cc(C(=O)N/N=C/c2cc(Br)c(OCC(=O)Nc3cccc(C)c3)c(Br)c2)ccc1OCc1ccccc1. The molecule has 10 heteroatoms. The van der Waals surface area contributed by atoms with E-state index in [4.69, 9.17) is 14.2 Å². The number of hydrogen-bond acceptors (Lipinski definition) is 6.